The molecule has 1 aromatic rings. The van der Waals surface area contributed by atoms with E-state index in [1.165, 1.54) is 17.0 Å². The molecule has 2 heterocycles. The minimum Gasteiger partial charge on any atom is -0.488 e. The number of carbonyl (C=O) groups excluding carboxylic acids is 2. The van der Waals surface area contributed by atoms with Crippen molar-refractivity contribution in [2.75, 3.05) is 18.1 Å². The average Bonchev–Trinajstić information content (AvgIpc) is 2.57. The van der Waals surface area contributed by atoms with Gasteiger partial charge < -0.3 is 15.0 Å². The van der Waals surface area contributed by atoms with Gasteiger partial charge in [0.05, 0.1) is 6.61 Å². The normalized spacial score (nSPS) is 21.4. The van der Waals surface area contributed by atoms with Gasteiger partial charge in [-0.3, -0.25) is 9.59 Å². The molecule has 0 radical (unpaired) electrons. The van der Waals surface area contributed by atoms with Crippen molar-refractivity contribution in [1.82, 2.24) is 5.32 Å². The molecule has 2 aliphatic rings. The number of rotatable bonds is 3. The summed E-state index contributed by atoms with van der Waals surface area (Å²) in [5, 5.41) is 2.74. The third-order valence-electron chi connectivity index (χ3n) is 4.02. The Morgan fingerprint density at radius 1 is 1.35 bits per heavy atom. The number of hydrogen-bond acceptors (Lipinski definition) is 3. The van der Waals surface area contributed by atoms with Crippen LogP contribution in [0.25, 0.3) is 0 Å². The molecule has 23 heavy (non-hydrogen) atoms. The summed E-state index contributed by atoms with van der Waals surface area (Å²) in [6.45, 7) is 1.04. The van der Waals surface area contributed by atoms with Gasteiger partial charge in [-0.15, -0.1) is 0 Å². The molecule has 0 bridgehead atoms. The highest BCUT2D eigenvalue weighted by Crippen LogP contribution is 2.22. The molecule has 3 rings (SSSR count). The van der Waals surface area contributed by atoms with Crippen LogP contribution in [0.2, 0.25) is 0 Å². The zero-order valence-corrected chi connectivity index (χ0v) is 12.8. The largest absolute Gasteiger partial charge is 0.488 e. The Hall–Kier alpha value is -2.37. The van der Waals surface area contributed by atoms with Crippen molar-refractivity contribution in [2.24, 2.45) is 0 Å². The van der Waals surface area contributed by atoms with Crippen LogP contribution in [-0.4, -0.2) is 31.0 Å². The van der Waals surface area contributed by atoms with Crippen LogP contribution in [0.5, 0.6) is 0 Å². The Balaban J connectivity index is 1.70. The molecule has 1 N–H and O–H groups in total. The van der Waals surface area contributed by atoms with E-state index in [2.05, 4.69) is 5.32 Å². The fourth-order valence-electron chi connectivity index (χ4n) is 2.85. The molecule has 122 valence electrons. The van der Waals surface area contributed by atoms with Crippen LogP contribution in [0.15, 0.2) is 36.1 Å². The van der Waals surface area contributed by atoms with Crippen LogP contribution in [0.4, 0.5) is 10.1 Å². The van der Waals surface area contributed by atoms with E-state index < -0.39 is 6.04 Å². The van der Waals surface area contributed by atoms with Crippen molar-refractivity contribution >= 4 is 17.5 Å². The van der Waals surface area contributed by atoms with Crippen molar-refractivity contribution in [2.45, 2.75) is 31.7 Å². The van der Waals surface area contributed by atoms with Crippen LogP contribution in [0.3, 0.4) is 0 Å². The van der Waals surface area contributed by atoms with Crippen molar-refractivity contribution in [3.05, 3.63) is 41.9 Å². The summed E-state index contributed by atoms with van der Waals surface area (Å²) in [6.07, 6.45) is 4.76. The summed E-state index contributed by atoms with van der Waals surface area (Å²) < 4.78 is 18.7. The number of allylic oxidation sites excluding steroid dienone is 1. The molecule has 1 aromatic carbocycles. The Labute approximate surface area is 134 Å². The van der Waals surface area contributed by atoms with E-state index in [0.29, 0.717) is 25.3 Å². The lowest BCUT2D eigenvalue weighted by Gasteiger charge is -2.33. The SMILES string of the molecule is O=C(N[C@H]1CCCN(c2cccc(F)c2)C1=O)C1=CCCCO1. The first-order valence-electron chi connectivity index (χ1n) is 7.86. The summed E-state index contributed by atoms with van der Waals surface area (Å²) >= 11 is 0. The van der Waals surface area contributed by atoms with E-state index in [1.54, 1.807) is 18.2 Å². The van der Waals surface area contributed by atoms with Crippen LogP contribution < -0.4 is 10.2 Å². The number of benzene rings is 1. The highest BCUT2D eigenvalue weighted by molar-refractivity contribution is 6.02. The topological polar surface area (TPSA) is 58.6 Å². The number of nitrogens with zero attached hydrogens (tertiary/aromatic N) is 1. The predicted octanol–water partition coefficient (Wildman–Crippen LogP) is 2.13. The molecule has 5 nitrogen and oxygen atoms in total. The Morgan fingerprint density at radius 3 is 2.96 bits per heavy atom. The monoisotopic (exact) mass is 318 g/mol. The number of piperidine rings is 1. The molecule has 0 spiro atoms. The maximum absolute atomic E-state index is 13.4. The van der Waals surface area contributed by atoms with Gasteiger partial charge in [-0.25, -0.2) is 4.39 Å². The zero-order valence-electron chi connectivity index (χ0n) is 12.8. The predicted molar refractivity (Wildman–Crippen MR) is 83.2 cm³/mol. The number of carbonyl (C=O) groups is 2. The molecule has 1 saturated heterocycles. The second-order valence-corrected chi connectivity index (χ2v) is 5.70. The van der Waals surface area contributed by atoms with Gasteiger partial charge in [0.15, 0.2) is 5.76 Å². The van der Waals surface area contributed by atoms with Crippen molar-refractivity contribution < 1.29 is 18.7 Å². The third kappa shape index (κ3) is 3.52. The van der Waals surface area contributed by atoms with E-state index >= 15 is 0 Å². The number of nitrogens with one attached hydrogen (secondary N) is 1. The fraction of sp³-hybridized carbons (Fsp3) is 0.412. The second-order valence-electron chi connectivity index (χ2n) is 5.70. The molecule has 1 atom stereocenters. The Kier molecular flexibility index (Phi) is 4.60. The minimum absolute atomic E-state index is 0.216. The fourth-order valence-corrected chi connectivity index (χ4v) is 2.85. The minimum atomic E-state index is -0.606. The number of anilines is 1. The quantitative estimate of drug-likeness (QED) is 0.929. The first kappa shape index (κ1) is 15.5. The van der Waals surface area contributed by atoms with Crippen molar-refractivity contribution in [3.8, 4) is 0 Å². The van der Waals surface area contributed by atoms with Crippen LogP contribution >= 0.6 is 0 Å². The summed E-state index contributed by atoms with van der Waals surface area (Å²) in [4.78, 5) is 26.3. The number of hydrogen-bond donors (Lipinski definition) is 1. The van der Waals surface area contributed by atoms with Crippen LogP contribution in [-0.2, 0) is 14.3 Å². The highest BCUT2D eigenvalue weighted by atomic mass is 19.1. The van der Waals surface area contributed by atoms with Gasteiger partial charge in [-0.05, 0) is 50.0 Å². The van der Waals surface area contributed by atoms with Gasteiger partial charge in [-0.2, -0.15) is 0 Å². The van der Waals surface area contributed by atoms with Crippen LogP contribution in [0, 0.1) is 5.82 Å². The maximum Gasteiger partial charge on any atom is 0.286 e. The van der Waals surface area contributed by atoms with Gasteiger partial charge in [0.25, 0.3) is 5.91 Å². The Bertz CT molecular complexity index is 644. The van der Waals surface area contributed by atoms with E-state index in [4.69, 9.17) is 4.74 Å². The second kappa shape index (κ2) is 6.81. The Morgan fingerprint density at radius 2 is 2.22 bits per heavy atom. The zero-order chi connectivity index (χ0) is 16.2. The molecule has 0 unspecified atom stereocenters. The van der Waals surface area contributed by atoms with Gasteiger partial charge in [0.1, 0.15) is 11.9 Å². The number of ether oxygens (including phenoxy) is 1. The maximum atomic E-state index is 13.4. The molecular weight excluding hydrogens is 299 g/mol. The molecule has 0 aliphatic carbocycles. The third-order valence-corrected chi connectivity index (χ3v) is 4.02. The van der Waals surface area contributed by atoms with Gasteiger partial charge in [-0.1, -0.05) is 6.07 Å². The van der Waals surface area contributed by atoms with E-state index in [1.807, 2.05) is 0 Å². The smallest absolute Gasteiger partial charge is 0.286 e. The number of amides is 2. The molecule has 0 saturated carbocycles. The lowest BCUT2D eigenvalue weighted by molar-refractivity contribution is -0.128. The summed E-state index contributed by atoms with van der Waals surface area (Å²) in [5.41, 5.74) is 0.516. The molecular formula is C17H19FN2O3. The molecule has 2 aliphatic heterocycles. The lowest BCUT2D eigenvalue weighted by Crippen LogP contribution is -2.53. The standard InChI is InChI=1S/C17H19FN2O3/c18-12-5-3-6-13(11-12)20-9-4-7-14(17(20)22)19-16(21)15-8-1-2-10-23-15/h3,5-6,8,11,14H,1-2,4,7,9-10H2,(H,19,21)/t14-/m0/s1. The average molecular weight is 318 g/mol. The summed E-state index contributed by atoms with van der Waals surface area (Å²) in [7, 11) is 0. The summed E-state index contributed by atoms with van der Waals surface area (Å²) in [5.74, 6) is -0.676. The molecule has 0 aromatic heterocycles. The molecule has 1 fully saturated rings. The number of halogens is 1. The molecule has 2 amide bonds. The van der Waals surface area contributed by atoms with E-state index in [0.717, 1.165) is 19.3 Å². The van der Waals surface area contributed by atoms with Crippen molar-refractivity contribution in [1.29, 1.82) is 0 Å². The highest BCUT2D eigenvalue weighted by Gasteiger charge is 2.32. The van der Waals surface area contributed by atoms with Crippen molar-refractivity contribution in [3.63, 3.8) is 0 Å². The van der Waals surface area contributed by atoms with E-state index in [-0.39, 0.29) is 23.4 Å². The van der Waals surface area contributed by atoms with Gasteiger partial charge >= 0.3 is 0 Å². The van der Waals surface area contributed by atoms with Gasteiger partial charge in [0.2, 0.25) is 5.91 Å². The summed E-state index contributed by atoms with van der Waals surface area (Å²) in [6, 6.07) is 5.32. The molecule has 6 heteroatoms. The first-order chi connectivity index (χ1) is 11.1. The first-order valence-corrected chi connectivity index (χ1v) is 7.86. The van der Waals surface area contributed by atoms with Crippen LogP contribution in [0.1, 0.15) is 25.7 Å². The van der Waals surface area contributed by atoms with E-state index in [9.17, 15) is 14.0 Å². The lowest BCUT2D eigenvalue weighted by atomic mass is 10.0. The van der Waals surface area contributed by atoms with Gasteiger partial charge in [0, 0.05) is 12.2 Å².